The number of H-pyrrole nitrogens is 1. The maximum atomic E-state index is 6.44. The highest BCUT2D eigenvalue weighted by Gasteiger charge is 2.21. The summed E-state index contributed by atoms with van der Waals surface area (Å²) in [6.45, 7) is 2.85. The molecule has 1 saturated carbocycles. The Morgan fingerprint density at radius 1 is 1.08 bits per heavy atom. The Labute approximate surface area is 157 Å². The predicted molar refractivity (Wildman–Crippen MR) is 107 cm³/mol. The van der Waals surface area contributed by atoms with Crippen molar-refractivity contribution >= 4 is 33.4 Å². The molecule has 2 heterocycles. The van der Waals surface area contributed by atoms with Crippen LogP contribution in [0, 0.1) is 12.8 Å². The fraction of sp³-hybridized carbons (Fsp3) is 0.227. The number of benzene rings is 2. The maximum Gasteiger partial charge on any atom is 0.119 e. The number of ether oxygens (including phenoxy) is 1. The summed E-state index contributed by atoms with van der Waals surface area (Å²) in [7, 11) is 0. The van der Waals surface area contributed by atoms with Crippen molar-refractivity contribution in [2.24, 2.45) is 5.92 Å². The molecule has 0 unspecified atom stereocenters. The van der Waals surface area contributed by atoms with Gasteiger partial charge < -0.3 is 9.72 Å². The normalized spacial score (nSPS) is 14.2. The summed E-state index contributed by atoms with van der Waals surface area (Å²) in [6, 6.07) is 14.4. The van der Waals surface area contributed by atoms with Crippen LogP contribution in [0.3, 0.4) is 0 Å². The molecule has 1 aliphatic carbocycles. The van der Waals surface area contributed by atoms with E-state index in [2.05, 4.69) is 22.1 Å². The number of hydrogen-bond donors (Lipinski definition) is 1. The van der Waals surface area contributed by atoms with E-state index in [4.69, 9.17) is 16.3 Å². The molecular weight excluding hydrogens is 344 g/mol. The van der Waals surface area contributed by atoms with Crippen molar-refractivity contribution in [3.63, 3.8) is 0 Å². The van der Waals surface area contributed by atoms with Crippen LogP contribution in [0.25, 0.3) is 32.9 Å². The van der Waals surface area contributed by atoms with E-state index in [1.54, 1.807) is 0 Å². The second-order valence-corrected chi connectivity index (χ2v) is 7.54. The molecule has 5 rings (SSSR count). The number of pyridine rings is 1. The van der Waals surface area contributed by atoms with Gasteiger partial charge in [0.15, 0.2) is 0 Å². The molecular formula is C22H19ClN2O. The molecule has 1 fully saturated rings. The predicted octanol–water partition coefficient (Wildman–Crippen LogP) is 6.13. The van der Waals surface area contributed by atoms with Crippen LogP contribution in [0.1, 0.15) is 18.5 Å². The Balaban J connectivity index is 1.61. The lowest BCUT2D eigenvalue weighted by molar-refractivity contribution is 0.300. The minimum atomic E-state index is 0.733. The van der Waals surface area contributed by atoms with Gasteiger partial charge in [-0.1, -0.05) is 23.7 Å². The third-order valence-electron chi connectivity index (χ3n) is 5.13. The van der Waals surface area contributed by atoms with Gasteiger partial charge in [-0.2, -0.15) is 0 Å². The SMILES string of the molecule is Cc1nccc2c1[nH]c1c(-c3ccc(OCC4CC4)cc3)cc(Cl)cc12. The largest absolute Gasteiger partial charge is 0.493 e. The third kappa shape index (κ3) is 2.73. The number of nitrogens with one attached hydrogen (secondary N) is 1. The van der Waals surface area contributed by atoms with Gasteiger partial charge in [0.2, 0.25) is 0 Å². The van der Waals surface area contributed by atoms with E-state index in [9.17, 15) is 0 Å². The summed E-state index contributed by atoms with van der Waals surface area (Å²) in [5.74, 6) is 1.68. The second kappa shape index (κ2) is 6.03. The van der Waals surface area contributed by atoms with Gasteiger partial charge in [-0.25, -0.2) is 0 Å². The Kier molecular flexibility index (Phi) is 3.64. The van der Waals surface area contributed by atoms with Crippen LogP contribution >= 0.6 is 11.6 Å². The van der Waals surface area contributed by atoms with E-state index < -0.39 is 0 Å². The minimum absolute atomic E-state index is 0.733. The first-order valence-electron chi connectivity index (χ1n) is 8.99. The highest BCUT2D eigenvalue weighted by molar-refractivity contribution is 6.32. The zero-order valence-corrected chi connectivity index (χ0v) is 15.3. The molecule has 0 amide bonds. The third-order valence-corrected chi connectivity index (χ3v) is 5.35. The van der Waals surface area contributed by atoms with Crippen molar-refractivity contribution in [3.8, 4) is 16.9 Å². The van der Waals surface area contributed by atoms with Crippen LogP contribution in [0.2, 0.25) is 5.02 Å². The molecule has 0 aliphatic heterocycles. The number of aromatic amines is 1. The molecule has 1 aliphatic rings. The van der Waals surface area contributed by atoms with Gasteiger partial charge in [-0.05, 0) is 61.6 Å². The maximum absolute atomic E-state index is 6.44. The first kappa shape index (κ1) is 15.7. The van der Waals surface area contributed by atoms with Crippen LogP contribution in [0.4, 0.5) is 0 Å². The van der Waals surface area contributed by atoms with Crippen molar-refractivity contribution in [3.05, 3.63) is 59.4 Å². The Bertz CT molecular complexity index is 1110. The first-order valence-corrected chi connectivity index (χ1v) is 9.36. The van der Waals surface area contributed by atoms with Crippen LogP contribution < -0.4 is 4.74 Å². The molecule has 0 saturated heterocycles. The first-order chi connectivity index (χ1) is 12.7. The molecule has 0 radical (unpaired) electrons. The molecule has 130 valence electrons. The average molecular weight is 363 g/mol. The summed E-state index contributed by atoms with van der Waals surface area (Å²) in [5.41, 5.74) is 5.36. The molecule has 3 nitrogen and oxygen atoms in total. The standard InChI is InChI=1S/C22H19ClN2O/c1-13-21-18(8-9-24-13)20-11-16(23)10-19(22(20)25-21)15-4-6-17(7-5-15)26-12-14-2-3-14/h4-11,14,25H,2-3,12H2,1H3. The molecule has 0 bridgehead atoms. The van der Waals surface area contributed by atoms with Crippen molar-refractivity contribution in [2.75, 3.05) is 6.61 Å². The topological polar surface area (TPSA) is 37.9 Å². The Hall–Kier alpha value is -2.52. The van der Waals surface area contributed by atoms with E-state index >= 15 is 0 Å². The smallest absolute Gasteiger partial charge is 0.119 e. The zero-order chi connectivity index (χ0) is 17.7. The Morgan fingerprint density at radius 2 is 1.88 bits per heavy atom. The molecule has 0 atom stereocenters. The van der Waals surface area contributed by atoms with E-state index in [-0.39, 0.29) is 0 Å². The molecule has 0 spiro atoms. The van der Waals surface area contributed by atoms with E-state index in [0.717, 1.165) is 61.9 Å². The van der Waals surface area contributed by atoms with Gasteiger partial charge in [0.1, 0.15) is 5.75 Å². The summed E-state index contributed by atoms with van der Waals surface area (Å²) in [6.07, 6.45) is 4.44. The van der Waals surface area contributed by atoms with Crippen LogP contribution in [-0.4, -0.2) is 16.6 Å². The number of aromatic nitrogens is 2. The van der Waals surface area contributed by atoms with E-state index in [1.165, 1.54) is 12.8 Å². The molecule has 2 aromatic carbocycles. The summed E-state index contributed by atoms with van der Waals surface area (Å²) in [4.78, 5) is 7.95. The second-order valence-electron chi connectivity index (χ2n) is 7.10. The molecule has 26 heavy (non-hydrogen) atoms. The lowest BCUT2D eigenvalue weighted by Gasteiger charge is -2.08. The number of halogens is 1. The highest BCUT2D eigenvalue weighted by atomic mass is 35.5. The van der Waals surface area contributed by atoms with Crippen molar-refractivity contribution < 1.29 is 4.74 Å². The molecule has 4 heteroatoms. The monoisotopic (exact) mass is 362 g/mol. The van der Waals surface area contributed by atoms with Gasteiger partial charge in [0.25, 0.3) is 0 Å². The quantitative estimate of drug-likeness (QED) is 0.474. The van der Waals surface area contributed by atoms with Gasteiger partial charge in [0, 0.05) is 27.6 Å². The van der Waals surface area contributed by atoms with Crippen LogP contribution in [-0.2, 0) is 0 Å². The summed E-state index contributed by atoms with van der Waals surface area (Å²) < 4.78 is 5.85. The highest BCUT2D eigenvalue weighted by Crippen LogP contribution is 2.37. The number of nitrogens with zero attached hydrogens (tertiary/aromatic N) is 1. The van der Waals surface area contributed by atoms with E-state index in [0.29, 0.717) is 0 Å². The fourth-order valence-electron chi connectivity index (χ4n) is 3.48. The van der Waals surface area contributed by atoms with Gasteiger partial charge in [-0.15, -0.1) is 0 Å². The lowest BCUT2D eigenvalue weighted by Crippen LogP contribution is -1.98. The lowest BCUT2D eigenvalue weighted by atomic mass is 10.0. The van der Waals surface area contributed by atoms with Crippen LogP contribution in [0.15, 0.2) is 48.7 Å². The van der Waals surface area contributed by atoms with Gasteiger partial charge >= 0.3 is 0 Å². The molecule has 2 aromatic heterocycles. The van der Waals surface area contributed by atoms with Gasteiger partial charge in [-0.3, -0.25) is 4.98 Å². The molecule has 4 aromatic rings. The Morgan fingerprint density at radius 3 is 2.65 bits per heavy atom. The van der Waals surface area contributed by atoms with Crippen molar-refractivity contribution in [1.29, 1.82) is 0 Å². The number of aryl methyl sites for hydroxylation is 1. The zero-order valence-electron chi connectivity index (χ0n) is 14.6. The van der Waals surface area contributed by atoms with E-state index in [1.807, 2.05) is 43.5 Å². The van der Waals surface area contributed by atoms with Crippen LogP contribution in [0.5, 0.6) is 5.75 Å². The number of fused-ring (bicyclic) bond motifs is 3. The number of hydrogen-bond acceptors (Lipinski definition) is 2. The average Bonchev–Trinajstić information content (AvgIpc) is 3.40. The number of rotatable bonds is 4. The van der Waals surface area contributed by atoms with Gasteiger partial charge in [0.05, 0.1) is 23.3 Å². The summed E-state index contributed by atoms with van der Waals surface area (Å²) >= 11 is 6.44. The fourth-order valence-corrected chi connectivity index (χ4v) is 3.70. The minimum Gasteiger partial charge on any atom is -0.493 e. The summed E-state index contributed by atoms with van der Waals surface area (Å²) in [5, 5.41) is 3.01. The van der Waals surface area contributed by atoms with Crippen molar-refractivity contribution in [1.82, 2.24) is 9.97 Å². The van der Waals surface area contributed by atoms with Crippen molar-refractivity contribution in [2.45, 2.75) is 19.8 Å². The molecule has 1 N–H and O–H groups in total.